The zero-order valence-electron chi connectivity index (χ0n) is 10.4. The van der Waals surface area contributed by atoms with E-state index < -0.39 is 0 Å². The van der Waals surface area contributed by atoms with Crippen LogP contribution in [0, 0.1) is 0 Å². The molecule has 0 aliphatic carbocycles. The minimum absolute atomic E-state index is 0.531. The normalized spacial score (nSPS) is 10.5. The third-order valence-corrected chi connectivity index (χ3v) is 2.18. The molecule has 0 spiro atoms. The van der Waals surface area contributed by atoms with Gasteiger partial charge < -0.3 is 15.4 Å². The Bertz CT molecular complexity index is 300. The number of para-hydroxylation sites is 2. The maximum absolute atomic E-state index is 5.53. The van der Waals surface area contributed by atoms with Gasteiger partial charge in [0.2, 0.25) is 0 Å². The lowest BCUT2D eigenvalue weighted by atomic mass is 10.3. The van der Waals surface area contributed by atoms with Crippen LogP contribution in [0.25, 0.3) is 0 Å². The molecule has 1 aromatic carbocycles. The van der Waals surface area contributed by atoms with E-state index in [0.717, 1.165) is 24.5 Å². The van der Waals surface area contributed by atoms with Crippen LogP contribution in [0.2, 0.25) is 0 Å². The maximum Gasteiger partial charge on any atom is 0.142 e. The van der Waals surface area contributed by atoms with Gasteiger partial charge in [-0.15, -0.1) is 0 Å². The summed E-state index contributed by atoms with van der Waals surface area (Å²) in [5.41, 5.74) is 1.06. The maximum atomic E-state index is 5.53. The fourth-order valence-corrected chi connectivity index (χ4v) is 1.45. The SMILES string of the molecule is CCOc1ccccc1NCCNC(C)C. The standard InChI is InChI=1S/C13H22N2O/c1-4-16-13-8-6-5-7-12(13)15-10-9-14-11(2)3/h5-8,11,14-15H,4,9-10H2,1-3H3. The van der Waals surface area contributed by atoms with Crippen molar-refractivity contribution >= 4 is 5.69 Å². The molecule has 0 radical (unpaired) electrons. The van der Waals surface area contributed by atoms with Crippen molar-refractivity contribution in [3.63, 3.8) is 0 Å². The van der Waals surface area contributed by atoms with E-state index in [0.29, 0.717) is 12.6 Å². The van der Waals surface area contributed by atoms with Crippen molar-refractivity contribution in [2.75, 3.05) is 25.0 Å². The molecule has 0 saturated carbocycles. The molecule has 0 aromatic heterocycles. The van der Waals surface area contributed by atoms with Gasteiger partial charge in [0, 0.05) is 19.1 Å². The van der Waals surface area contributed by atoms with Crippen molar-refractivity contribution < 1.29 is 4.74 Å². The molecule has 16 heavy (non-hydrogen) atoms. The molecule has 0 fully saturated rings. The van der Waals surface area contributed by atoms with Gasteiger partial charge in [-0.1, -0.05) is 26.0 Å². The molecule has 3 nitrogen and oxygen atoms in total. The third-order valence-electron chi connectivity index (χ3n) is 2.18. The summed E-state index contributed by atoms with van der Waals surface area (Å²) in [5, 5.41) is 6.73. The molecular weight excluding hydrogens is 200 g/mol. The minimum atomic E-state index is 0.531. The summed E-state index contributed by atoms with van der Waals surface area (Å²) in [7, 11) is 0. The average molecular weight is 222 g/mol. The number of rotatable bonds is 7. The quantitative estimate of drug-likeness (QED) is 0.695. The van der Waals surface area contributed by atoms with E-state index in [1.165, 1.54) is 0 Å². The molecule has 0 atom stereocenters. The number of nitrogens with one attached hydrogen (secondary N) is 2. The predicted molar refractivity (Wildman–Crippen MR) is 69.2 cm³/mol. The van der Waals surface area contributed by atoms with Crippen LogP contribution in [0.5, 0.6) is 5.75 Å². The van der Waals surface area contributed by atoms with Gasteiger partial charge in [-0.3, -0.25) is 0 Å². The molecule has 1 aromatic rings. The Morgan fingerprint density at radius 3 is 2.62 bits per heavy atom. The van der Waals surface area contributed by atoms with Gasteiger partial charge in [0.25, 0.3) is 0 Å². The number of anilines is 1. The highest BCUT2D eigenvalue weighted by Gasteiger charge is 2.00. The van der Waals surface area contributed by atoms with Crippen molar-refractivity contribution in [1.82, 2.24) is 5.32 Å². The number of ether oxygens (including phenoxy) is 1. The van der Waals surface area contributed by atoms with Crippen LogP contribution in [-0.4, -0.2) is 25.7 Å². The molecule has 3 heteroatoms. The number of hydrogen-bond donors (Lipinski definition) is 2. The molecule has 1 rings (SSSR count). The summed E-state index contributed by atoms with van der Waals surface area (Å²) in [6, 6.07) is 8.56. The topological polar surface area (TPSA) is 33.3 Å². The average Bonchev–Trinajstić information content (AvgIpc) is 2.26. The first-order valence-corrected chi connectivity index (χ1v) is 5.93. The van der Waals surface area contributed by atoms with E-state index in [9.17, 15) is 0 Å². The van der Waals surface area contributed by atoms with Gasteiger partial charge in [-0.2, -0.15) is 0 Å². The molecule has 0 bridgehead atoms. The molecule has 0 aliphatic rings. The van der Waals surface area contributed by atoms with E-state index in [2.05, 4.69) is 24.5 Å². The van der Waals surface area contributed by atoms with E-state index in [-0.39, 0.29) is 0 Å². The molecule has 0 aliphatic heterocycles. The molecule has 90 valence electrons. The Balaban J connectivity index is 2.40. The minimum Gasteiger partial charge on any atom is -0.492 e. The van der Waals surface area contributed by atoms with Crippen LogP contribution in [-0.2, 0) is 0 Å². The van der Waals surface area contributed by atoms with Gasteiger partial charge in [-0.25, -0.2) is 0 Å². The Morgan fingerprint density at radius 1 is 1.19 bits per heavy atom. The predicted octanol–water partition coefficient (Wildman–Crippen LogP) is 2.50. The fourth-order valence-electron chi connectivity index (χ4n) is 1.45. The lowest BCUT2D eigenvalue weighted by Crippen LogP contribution is -2.28. The van der Waals surface area contributed by atoms with Crippen molar-refractivity contribution in [3.8, 4) is 5.75 Å². The summed E-state index contributed by atoms with van der Waals surface area (Å²) in [5.74, 6) is 0.926. The number of benzene rings is 1. The van der Waals surface area contributed by atoms with Gasteiger partial charge in [0.05, 0.1) is 12.3 Å². The van der Waals surface area contributed by atoms with Crippen LogP contribution in [0.4, 0.5) is 5.69 Å². The summed E-state index contributed by atoms with van der Waals surface area (Å²) in [6.07, 6.45) is 0. The van der Waals surface area contributed by atoms with E-state index in [1.807, 2.05) is 31.2 Å². The van der Waals surface area contributed by atoms with Crippen LogP contribution < -0.4 is 15.4 Å². The van der Waals surface area contributed by atoms with Crippen molar-refractivity contribution in [2.45, 2.75) is 26.8 Å². The van der Waals surface area contributed by atoms with Crippen molar-refractivity contribution in [3.05, 3.63) is 24.3 Å². The van der Waals surface area contributed by atoms with Gasteiger partial charge in [0.1, 0.15) is 5.75 Å². The Kier molecular flexibility index (Phi) is 5.72. The van der Waals surface area contributed by atoms with Crippen LogP contribution in [0.15, 0.2) is 24.3 Å². The van der Waals surface area contributed by atoms with Crippen molar-refractivity contribution in [1.29, 1.82) is 0 Å². The molecule has 0 unspecified atom stereocenters. The Hall–Kier alpha value is -1.22. The Morgan fingerprint density at radius 2 is 1.94 bits per heavy atom. The van der Waals surface area contributed by atoms with Gasteiger partial charge in [-0.05, 0) is 19.1 Å². The largest absolute Gasteiger partial charge is 0.492 e. The third kappa shape index (κ3) is 4.53. The van der Waals surface area contributed by atoms with E-state index in [1.54, 1.807) is 0 Å². The van der Waals surface area contributed by atoms with E-state index >= 15 is 0 Å². The summed E-state index contributed by atoms with van der Waals surface area (Å²) >= 11 is 0. The lowest BCUT2D eigenvalue weighted by Gasteiger charge is -2.13. The smallest absolute Gasteiger partial charge is 0.142 e. The first-order chi connectivity index (χ1) is 7.74. The Labute approximate surface area is 98.2 Å². The molecular formula is C13H22N2O. The zero-order valence-corrected chi connectivity index (χ0v) is 10.4. The second-order valence-electron chi connectivity index (χ2n) is 3.96. The highest BCUT2D eigenvalue weighted by Crippen LogP contribution is 2.22. The lowest BCUT2D eigenvalue weighted by molar-refractivity contribution is 0.341. The highest BCUT2D eigenvalue weighted by atomic mass is 16.5. The van der Waals surface area contributed by atoms with Crippen molar-refractivity contribution in [2.24, 2.45) is 0 Å². The molecule has 0 saturated heterocycles. The van der Waals surface area contributed by atoms with Gasteiger partial charge in [0.15, 0.2) is 0 Å². The zero-order chi connectivity index (χ0) is 11.8. The summed E-state index contributed by atoms with van der Waals surface area (Å²) in [6.45, 7) is 8.85. The molecule has 2 N–H and O–H groups in total. The van der Waals surface area contributed by atoms with Crippen LogP contribution in [0.1, 0.15) is 20.8 Å². The first kappa shape index (κ1) is 12.8. The van der Waals surface area contributed by atoms with Gasteiger partial charge >= 0.3 is 0 Å². The molecule has 0 amide bonds. The van der Waals surface area contributed by atoms with Crippen LogP contribution in [0.3, 0.4) is 0 Å². The fraction of sp³-hybridized carbons (Fsp3) is 0.538. The number of hydrogen-bond acceptors (Lipinski definition) is 3. The summed E-state index contributed by atoms with van der Waals surface area (Å²) < 4.78 is 5.53. The van der Waals surface area contributed by atoms with E-state index in [4.69, 9.17) is 4.74 Å². The monoisotopic (exact) mass is 222 g/mol. The first-order valence-electron chi connectivity index (χ1n) is 5.93. The molecule has 0 heterocycles. The van der Waals surface area contributed by atoms with Crippen LogP contribution >= 0.6 is 0 Å². The highest BCUT2D eigenvalue weighted by molar-refractivity contribution is 5.56. The summed E-state index contributed by atoms with van der Waals surface area (Å²) in [4.78, 5) is 0. The second kappa shape index (κ2) is 7.12. The second-order valence-corrected chi connectivity index (χ2v) is 3.96.